The van der Waals surface area contributed by atoms with Crippen molar-refractivity contribution in [2.24, 2.45) is 0 Å². The van der Waals surface area contributed by atoms with Crippen LogP contribution in [0.1, 0.15) is 5.56 Å². The molecule has 0 heterocycles. The second-order valence-corrected chi connectivity index (χ2v) is 1.65. The van der Waals surface area contributed by atoms with Crippen LogP contribution in [0.25, 0.3) is 0 Å². The summed E-state index contributed by atoms with van der Waals surface area (Å²) in [7, 11) is 4.78. The van der Waals surface area contributed by atoms with Gasteiger partial charge in [-0.1, -0.05) is 35.9 Å². The predicted molar refractivity (Wildman–Crippen MR) is 42.8 cm³/mol. The Hall–Kier alpha value is 0.510. The standard InChI is InChI=1S/C7H8.ClH.Na/c1-7-5-3-2-4-6-7;;/h2-6H,1H3;1H;/q;;+1/p-1. The van der Waals surface area contributed by atoms with Crippen molar-refractivity contribution in [2.45, 2.75) is 6.92 Å². The first-order chi connectivity index (χ1) is 4.39. The normalized spacial score (nSPS) is 7.56. The van der Waals surface area contributed by atoms with Crippen molar-refractivity contribution in [1.29, 1.82) is 0 Å². The first-order valence-electron chi connectivity index (χ1n) is 2.79. The molecule has 0 aliphatic rings. The predicted octanol–water partition coefficient (Wildman–Crippen LogP) is 2.30. The molecule has 0 fully saturated rings. The van der Waals surface area contributed by atoms with E-state index in [0.717, 1.165) is 26.6 Å². The maximum atomic E-state index is 4.78. The molecule has 0 N–H and O–H groups in total. The Morgan fingerprint density at radius 1 is 1.11 bits per heavy atom. The van der Waals surface area contributed by atoms with Crippen molar-refractivity contribution >= 4 is 34.6 Å². The minimum atomic E-state index is 0.778. The molecule has 0 aliphatic heterocycles. The number of halogens is 1. The van der Waals surface area contributed by atoms with E-state index in [1.54, 1.807) is 0 Å². The summed E-state index contributed by atoms with van der Waals surface area (Å²) in [5.41, 5.74) is 1.32. The van der Waals surface area contributed by atoms with Gasteiger partial charge >= 0.3 is 34.6 Å². The second-order valence-electron chi connectivity index (χ2n) is 1.65. The fraction of sp³-hybridized carbons (Fsp3) is 0.143. The van der Waals surface area contributed by atoms with Crippen LogP contribution in [0.3, 0.4) is 0 Å². The monoisotopic (exact) mass is 150 g/mol. The first-order valence-corrected chi connectivity index (χ1v) is 5.81. The Labute approximate surface area is 76.9 Å². The molecular formula is C7H8ClNa. The van der Waals surface area contributed by atoms with Crippen molar-refractivity contribution in [3.8, 4) is 0 Å². The number of aryl methyl sites for hydroxylation is 1. The van der Waals surface area contributed by atoms with Gasteiger partial charge < -0.3 is 0 Å². The molecular weight excluding hydrogens is 143 g/mol. The van der Waals surface area contributed by atoms with Crippen molar-refractivity contribution < 1.29 is 0 Å². The third-order valence-corrected chi connectivity index (χ3v) is 0.940. The van der Waals surface area contributed by atoms with Crippen LogP contribution >= 0.6 is 7.91 Å². The van der Waals surface area contributed by atoms with Crippen molar-refractivity contribution in [1.82, 2.24) is 0 Å². The molecule has 0 nitrogen and oxygen atoms in total. The molecule has 44 valence electrons. The van der Waals surface area contributed by atoms with E-state index in [0.29, 0.717) is 0 Å². The molecule has 1 aromatic rings. The van der Waals surface area contributed by atoms with Crippen LogP contribution in [-0.2, 0) is 0 Å². The molecule has 0 bridgehead atoms. The topological polar surface area (TPSA) is 0 Å². The summed E-state index contributed by atoms with van der Waals surface area (Å²) in [5, 5.41) is 0. The van der Waals surface area contributed by atoms with E-state index in [1.165, 1.54) is 5.56 Å². The van der Waals surface area contributed by atoms with Gasteiger partial charge in [-0.15, -0.1) is 0 Å². The van der Waals surface area contributed by atoms with Gasteiger partial charge in [-0.3, -0.25) is 0 Å². The van der Waals surface area contributed by atoms with Crippen LogP contribution in [0.2, 0.25) is 0 Å². The van der Waals surface area contributed by atoms with Gasteiger partial charge in [-0.05, 0) is 6.92 Å². The summed E-state index contributed by atoms with van der Waals surface area (Å²) < 4.78 is 0. The van der Waals surface area contributed by atoms with Crippen LogP contribution in [0.5, 0.6) is 0 Å². The molecule has 0 aliphatic carbocycles. The summed E-state index contributed by atoms with van der Waals surface area (Å²) in [6.07, 6.45) is 0. The summed E-state index contributed by atoms with van der Waals surface area (Å²) in [5.74, 6) is 0. The van der Waals surface area contributed by atoms with E-state index in [9.17, 15) is 0 Å². The Kier molecular flexibility index (Phi) is 7.00. The zero-order valence-electron chi connectivity index (χ0n) is 5.76. The van der Waals surface area contributed by atoms with Gasteiger partial charge in [0.25, 0.3) is 0 Å². The Balaban J connectivity index is 0.000000291. The summed E-state index contributed by atoms with van der Waals surface area (Å²) in [6, 6.07) is 10.3. The minimum absolute atomic E-state index is 0.778. The van der Waals surface area contributed by atoms with E-state index in [2.05, 4.69) is 19.1 Å². The molecule has 0 amide bonds. The average Bonchev–Trinajstić information content (AvgIpc) is 1.94. The Morgan fingerprint density at radius 3 is 1.78 bits per heavy atom. The van der Waals surface area contributed by atoms with E-state index < -0.39 is 0 Å². The fourth-order valence-corrected chi connectivity index (χ4v) is 0.534. The molecule has 1 rings (SSSR count). The van der Waals surface area contributed by atoms with Crippen LogP contribution < -0.4 is 0 Å². The SMILES string of the molecule is Cc1ccccc1.[Na][Cl]. The molecule has 0 saturated heterocycles. The Bertz CT molecular complexity index is 139. The van der Waals surface area contributed by atoms with E-state index in [-0.39, 0.29) is 0 Å². The fourth-order valence-electron chi connectivity index (χ4n) is 0.534. The maximum absolute atomic E-state index is 4.78. The number of benzene rings is 1. The van der Waals surface area contributed by atoms with Gasteiger partial charge in [0, 0.05) is 0 Å². The van der Waals surface area contributed by atoms with Crippen molar-refractivity contribution in [3.05, 3.63) is 35.9 Å². The molecule has 1 aromatic carbocycles. The molecule has 0 spiro atoms. The van der Waals surface area contributed by atoms with Crippen molar-refractivity contribution in [3.63, 3.8) is 0 Å². The quantitative estimate of drug-likeness (QED) is 0.498. The molecule has 0 aromatic heterocycles. The van der Waals surface area contributed by atoms with Crippen LogP contribution in [0.4, 0.5) is 0 Å². The third-order valence-electron chi connectivity index (χ3n) is 0.940. The van der Waals surface area contributed by atoms with Crippen LogP contribution in [0.15, 0.2) is 30.3 Å². The molecule has 0 saturated carbocycles. The summed E-state index contributed by atoms with van der Waals surface area (Å²) in [4.78, 5) is 0. The Morgan fingerprint density at radius 2 is 1.56 bits per heavy atom. The second kappa shape index (κ2) is 6.63. The third kappa shape index (κ3) is 4.98. The summed E-state index contributed by atoms with van der Waals surface area (Å²) in [6.45, 7) is 2.08. The molecule has 0 radical (unpaired) electrons. The van der Waals surface area contributed by atoms with Gasteiger partial charge in [-0.2, -0.15) is 0 Å². The van der Waals surface area contributed by atoms with E-state index >= 15 is 0 Å². The molecule has 0 atom stereocenters. The summed E-state index contributed by atoms with van der Waals surface area (Å²) >= 11 is 0.778. The first kappa shape index (κ1) is 9.51. The van der Waals surface area contributed by atoms with Gasteiger partial charge in [0.05, 0.1) is 0 Å². The zero-order valence-corrected chi connectivity index (χ0v) is 8.52. The van der Waals surface area contributed by atoms with Crippen LogP contribution in [0, 0.1) is 6.92 Å². The molecule has 0 unspecified atom stereocenters. The van der Waals surface area contributed by atoms with Crippen molar-refractivity contribution in [2.75, 3.05) is 0 Å². The van der Waals surface area contributed by atoms with Gasteiger partial charge in [0.15, 0.2) is 0 Å². The van der Waals surface area contributed by atoms with Gasteiger partial charge in [0.1, 0.15) is 0 Å². The zero-order chi connectivity index (χ0) is 7.11. The average molecular weight is 151 g/mol. The number of hydrogen-bond donors (Lipinski definition) is 0. The molecule has 2 heteroatoms. The molecule has 9 heavy (non-hydrogen) atoms. The van der Waals surface area contributed by atoms with Crippen LogP contribution in [-0.4, -0.2) is 26.6 Å². The van der Waals surface area contributed by atoms with E-state index in [1.807, 2.05) is 18.2 Å². The van der Waals surface area contributed by atoms with Gasteiger partial charge in [0.2, 0.25) is 0 Å². The van der Waals surface area contributed by atoms with E-state index in [4.69, 9.17) is 7.91 Å². The number of hydrogen-bond acceptors (Lipinski definition) is 0. The number of rotatable bonds is 0. The van der Waals surface area contributed by atoms with Gasteiger partial charge in [-0.25, -0.2) is 0 Å².